The van der Waals surface area contributed by atoms with Crippen LogP contribution in [0.1, 0.15) is 47.2 Å². The van der Waals surface area contributed by atoms with Gasteiger partial charge in [0.05, 0.1) is 26.0 Å². The van der Waals surface area contributed by atoms with Crippen molar-refractivity contribution in [3.8, 4) is 11.8 Å². The number of carbonyl (C=O) groups is 2. The number of amides is 1. The Morgan fingerprint density at radius 2 is 2.00 bits per heavy atom. The van der Waals surface area contributed by atoms with Crippen LogP contribution in [0.3, 0.4) is 0 Å². The Morgan fingerprint density at radius 3 is 2.70 bits per heavy atom. The molecule has 0 spiro atoms. The lowest BCUT2D eigenvalue weighted by Crippen LogP contribution is -2.24. The van der Waals surface area contributed by atoms with E-state index in [-0.39, 0.29) is 17.9 Å². The summed E-state index contributed by atoms with van der Waals surface area (Å²) in [5.41, 5.74) is 2.50. The molecule has 30 heavy (non-hydrogen) atoms. The van der Waals surface area contributed by atoms with Crippen molar-refractivity contribution in [1.82, 2.24) is 15.3 Å². The first-order valence-corrected chi connectivity index (χ1v) is 9.64. The summed E-state index contributed by atoms with van der Waals surface area (Å²) in [6.45, 7) is 6.13. The van der Waals surface area contributed by atoms with Gasteiger partial charge in [-0.15, -0.1) is 0 Å². The quantitative estimate of drug-likeness (QED) is 0.409. The number of alkyl carbamates (subject to hydrolysis) is 1. The van der Waals surface area contributed by atoms with Gasteiger partial charge in [-0.05, 0) is 43.9 Å². The number of methoxy groups -OCH3 is 1. The van der Waals surface area contributed by atoms with Crippen molar-refractivity contribution in [2.24, 2.45) is 0 Å². The van der Waals surface area contributed by atoms with E-state index in [2.05, 4.69) is 32.4 Å². The van der Waals surface area contributed by atoms with Crippen LogP contribution in [0.15, 0.2) is 24.3 Å². The molecule has 1 amide bonds. The topological polar surface area (TPSA) is 102 Å². The Bertz CT molecular complexity index is 963. The fourth-order valence-corrected chi connectivity index (χ4v) is 2.53. The van der Waals surface area contributed by atoms with Gasteiger partial charge in [-0.1, -0.05) is 31.4 Å². The predicted molar refractivity (Wildman–Crippen MR) is 114 cm³/mol. The van der Waals surface area contributed by atoms with Crippen molar-refractivity contribution >= 4 is 23.6 Å². The highest BCUT2D eigenvalue weighted by molar-refractivity contribution is 5.96. The third-order valence-corrected chi connectivity index (χ3v) is 4.01. The van der Waals surface area contributed by atoms with Gasteiger partial charge < -0.3 is 20.1 Å². The monoisotopic (exact) mass is 410 g/mol. The normalized spacial score (nSPS) is 9.87. The number of aryl methyl sites for hydroxylation is 2. The molecule has 0 atom stereocenters. The first-order valence-electron chi connectivity index (χ1n) is 9.64. The lowest BCUT2D eigenvalue weighted by atomic mass is 10.2. The summed E-state index contributed by atoms with van der Waals surface area (Å²) in [6, 6.07) is 7.66. The zero-order chi connectivity index (χ0) is 21.9. The molecule has 0 saturated heterocycles. The molecule has 1 heterocycles. The van der Waals surface area contributed by atoms with E-state index in [0.29, 0.717) is 18.1 Å². The highest BCUT2D eigenvalue weighted by Crippen LogP contribution is 2.22. The summed E-state index contributed by atoms with van der Waals surface area (Å²) in [7, 11) is 1.30. The average Bonchev–Trinajstić information content (AvgIpc) is 2.71. The van der Waals surface area contributed by atoms with Gasteiger partial charge in [0.1, 0.15) is 11.4 Å². The molecular weight excluding hydrogens is 384 g/mol. The van der Waals surface area contributed by atoms with Gasteiger partial charge in [0.15, 0.2) is 0 Å². The van der Waals surface area contributed by atoms with Gasteiger partial charge in [0, 0.05) is 5.69 Å². The largest absolute Gasteiger partial charge is 0.465 e. The number of nitrogens with zero attached hydrogens (tertiary/aromatic N) is 2. The van der Waals surface area contributed by atoms with Gasteiger partial charge in [0.2, 0.25) is 5.82 Å². The van der Waals surface area contributed by atoms with Crippen molar-refractivity contribution in [3.05, 3.63) is 46.9 Å². The molecule has 2 N–H and O–H groups in total. The molecular formula is C22H26N4O4. The molecule has 0 bridgehead atoms. The highest BCUT2D eigenvalue weighted by Gasteiger charge is 2.19. The van der Waals surface area contributed by atoms with Crippen molar-refractivity contribution < 1.29 is 19.1 Å². The van der Waals surface area contributed by atoms with E-state index in [1.165, 1.54) is 7.11 Å². The smallest absolute Gasteiger partial charge is 0.407 e. The second kappa shape index (κ2) is 11.4. The highest BCUT2D eigenvalue weighted by atomic mass is 16.5. The molecule has 158 valence electrons. The zero-order valence-corrected chi connectivity index (χ0v) is 17.7. The Labute approximate surface area is 176 Å². The second-order valence-corrected chi connectivity index (χ2v) is 6.49. The maximum Gasteiger partial charge on any atom is 0.407 e. The predicted octanol–water partition coefficient (Wildman–Crippen LogP) is 3.50. The molecule has 0 fully saturated rings. The van der Waals surface area contributed by atoms with Crippen molar-refractivity contribution in [3.63, 3.8) is 0 Å². The molecule has 8 nitrogen and oxygen atoms in total. The third kappa shape index (κ3) is 6.78. The maximum absolute atomic E-state index is 12.2. The molecule has 2 aromatic rings. The number of nitrogens with one attached hydrogen (secondary N) is 2. The van der Waals surface area contributed by atoms with E-state index in [4.69, 9.17) is 9.47 Å². The average molecular weight is 410 g/mol. The molecule has 0 radical (unpaired) electrons. The van der Waals surface area contributed by atoms with Gasteiger partial charge >= 0.3 is 12.1 Å². The number of carbonyl (C=O) groups excluding carboxylic acids is 2. The van der Waals surface area contributed by atoms with E-state index in [1.54, 1.807) is 6.92 Å². The Kier molecular flexibility index (Phi) is 8.63. The number of anilines is 2. The minimum atomic E-state index is -0.543. The van der Waals surface area contributed by atoms with Crippen molar-refractivity contribution in [2.45, 2.75) is 33.6 Å². The number of benzene rings is 1. The Hall–Kier alpha value is -3.60. The number of hydrogen-bond donors (Lipinski definition) is 2. The number of esters is 1. The molecule has 0 aliphatic carbocycles. The summed E-state index contributed by atoms with van der Waals surface area (Å²) in [5, 5.41) is 5.68. The molecule has 8 heteroatoms. The van der Waals surface area contributed by atoms with Crippen LogP contribution in [0.2, 0.25) is 0 Å². The number of rotatable bonds is 7. The molecule has 0 aliphatic heterocycles. The van der Waals surface area contributed by atoms with Crippen LogP contribution >= 0.6 is 0 Å². The van der Waals surface area contributed by atoms with Gasteiger partial charge in [0.25, 0.3) is 0 Å². The lowest BCUT2D eigenvalue weighted by molar-refractivity contribution is 0.0600. The number of hydrogen-bond acceptors (Lipinski definition) is 7. The van der Waals surface area contributed by atoms with Crippen LogP contribution < -0.4 is 10.6 Å². The number of ether oxygens (including phenoxy) is 2. The van der Waals surface area contributed by atoms with Crippen LogP contribution in [0, 0.1) is 25.7 Å². The summed E-state index contributed by atoms with van der Waals surface area (Å²) in [6.07, 6.45) is 1.25. The Balaban J connectivity index is 2.19. The standard InChI is InChI=1S/C22H26N4O4/c1-5-6-13-30-22(28)23-12-8-11-18-24-16(3)19(21(27)29-4)20(26-18)25-17-10-7-9-15(2)14-17/h7,9-10,14H,5-6,12-13H2,1-4H3,(H,23,28)(H,24,25,26). The summed E-state index contributed by atoms with van der Waals surface area (Å²) >= 11 is 0. The van der Waals surface area contributed by atoms with Crippen LogP contribution in [-0.2, 0) is 9.47 Å². The first-order chi connectivity index (χ1) is 14.4. The fraction of sp³-hybridized carbons (Fsp3) is 0.364. The van der Waals surface area contributed by atoms with E-state index in [1.807, 2.05) is 38.1 Å². The molecule has 0 aliphatic rings. The molecule has 0 unspecified atom stereocenters. The van der Waals surface area contributed by atoms with Crippen LogP contribution in [0.25, 0.3) is 0 Å². The van der Waals surface area contributed by atoms with E-state index in [9.17, 15) is 9.59 Å². The molecule has 2 rings (SSSR count). The zero-order valence-electron chi connectivity index (χ0n) is 17.7. The summed E-state index contributed by atoms with van der Waals surface area (Å²) in [5.74, 6) is 5.56. The minimum absolute atomic E-state index is 0.0900. The van der Waals surface area contributed by atoms with Crippen molar-refractivity contribution in [2.75, 3.05) is 25.6 Å². The Morgan fingerprint density at radius 1 is 1.20 bits per heavy atom. The van der Waals surface area contributed by atoms with Gasteiger partial charge in [-0.3, -0.25) is 0 Å². The fourth-order valence-electron chi connectivity index (χ4n) is 2.53. The number of unbranched alkanes of at least 4 members (excludes halogenated alkanes) is 1. The second-order valence-electron chi connectivity index (χ2n) is 6.49. The van der Waals surface area contributed by atoms with E-state index in [0.717, 1.165) is 24.1 Å². The van der Waals surface area contributed by atoms with Gasteiger partial charge in [-0.2, -0.15) is 0 Å². The van der Waals surface area contributed by atoms with Crippen LogP contribution in [0.4, 0.5) is 16.3 Å². The van der Waals surface area contributed by atoms with E-state index >= 15 is 0 Å². The number of aromatic nitrogens is 2. The maximum atomic E-state index is 12.2. The summed E-state index contributed by atoms with van der Waals surface area (Å²) < 4.78 is 9.86. The molecule has 1 aromatic heterocycles. The SMILES string of the molecule is CCCCOC(=O)NCC#Cc1nc(C)c(C(=O)OC)c(Nc2cccc(C)c2)n1. The third-order valence-electron chi connectivity index (χ3n) is 4.01. The van der Waals surface area contributed by atoms with Crippen LogP contribution in [-0.4, -0.2) is 42.3 Å². The first kappa shape index (κ1) is 22.7. The molecule has 0 saturated carbocycles. The lowest BCUT2D eigenvalue weighted by Gasteiger charge is -2.12. The van der Waals surface area contributed by atoms with Gasteiger partial charge in [-0.25, -0.2) is 19.6 Å². The van der Waals surface area contributed by atoms with E-state index < -0.39 is 12.1 Å². The summed E-state index contributed by atoms with van der Waals surface area (Å²) in [4.78, 5) is 32.4. The van der Waals surface area contributed by atoms with Crippen LogP contribution in [0.5, 0.6) is 0 Å². The van der Waals surface area contributed by atoms with Crippen molar-refractivity contribution in [1.29, 1.82) is 0 Å². The molecule has 1 aromatic carbocycles. The minimum Gasteiger partial charge on any atom is -0.465 e.